The minimum Gasteiger partial charge on any atom is -0.376 e. The summed E-state index contributed by atoms with van der Waals surface area (Å²) in [5.74, 6) is 0.106. The van der Waals surface area contributed by atoms with E-state index in [0.717, 1.165) is 30.4 Å². The lowest BCUT2D eigenvalue weighted by Crippen LogP contribution is -2.70. The molecule has 2 N–H and O–H groups in total. The highest BCUT2D eigenvalue weighted by Crippen LogP contribution is 2.40. The Balaban J connectivity index is 1.48. The van der Waals surface area contributed by atoms with Crippen molar-refractivity contribution in [1.29, 1.82) is 0 Å². The minimum absolute atomic E-state index is 0.0891. The molecule has 4 rings (SSSR count). The zero-order chi connectivity index (χ0) is 17.6. The van der Waals surface area contributed by atoms with Gasteiger partial charge in [0.15, 0.2) is 0 Å². The molecule has 0 aromatic carbocycles. The van der Waals surface area contributed by atoms with Gasteiger partial charge in [-0.2, -0.15) is 0 Å². The first-order chi connectivity index (χ1) is 11.9. The molecule has 2 fully saturated rings. The van der Waals surface area contributed by atoms with E-state index in [1.54, 1.807) is 11.3 Å². The molecule has 1 aliphatic heterocycles. The van der Waals surface area contributed by atoms with Gasteiger partial charge in [-0.15, -0.1) is 11.3 Å². The van der Waals surface area contributed by atoms with Crippen molar-refractivity contribution in [2.75, 3.05) is 12.9 Å². The van der Waals surface area contributed by atoms with Crippen LogP contribution in [0.1, 0.15) is 45.8 Å². The van der Waals surface area contributed by atoms with Crippen LogP contribution in [0.5, 0.6) is 0 Å². The topological polar surface area (TPSA) is 84.5 Å². The molecular formula is C17H24N2O4S2. The first-order valence-corrected chi connectivity index (χ1v) is 11.6. The van der Waals surface area contributed by atoms with Crippen molar-refractivity contribution >= 4 is 27.3 Å². The van der Waals surface area contributed by atoms with Gasteiger partial charge in [0.1, 0.15) is 0 Å². The lowest BCUT2D eigenvalue weighted by Gasteiger charge is -2.47. The van der Waals surface area contributed by atoms with Crippen molar-refractivity contribution in [3.05, 3.63) is 21.4 Å². The molecule has 0 spiro atoms. The Labute approximate surface area is 152 Å². The van der Waals surface area contributed by atoms with Crippen molar-refractivity contribution in [3.8, 4) is 0 Å². The molecule has 3 aliphatic rings. The molecular weight excluding hydrogens is 360 g/mol. The monoisotopic (exact) mass is 384 g/mol. The number of sulfonamides is 1. The Morgan fingerprint density at radius 3 is 2.84 bits per heavy atom. The molecule has 0 radical (unpaired) electrons. The van der Waals surface area contributed by atoms with Crippen LogP contribution in [0.15, 0.2) is 6.07 Å². The second kappa shape index (κ2) is 6.64. The third-order valence-corrected chi connectivity index (χ3v) is 7.44. The predicted octanol–water partition coefficient (Wildman–Crippen LogP) is 1.45. The average molecular weight is 385 g/mol. The maximum absolute atomic E-state index is 12.7. The number of rotatable bonds is 4. The second-order valence-corrected chi connectivity index (χ2v) is 10.2. The van der Waals surface area contributed by atoms with Gasteiger partial charge >= 0.3 is 0 Å². The molecule has 138 valence electrons. The first kappa shape index (κ1) is 17.5. The van der Waals surface area contributed by atoms with Crippen molar-refractivity contribution in [2.24, 2.45) is 5.92 Å². The molecule has 25 heavy (non-hydrogen) atoms. The Bertz CT molecular complexity index is 750. The molecule has 1 aromatic rings. The summed E-state index contributed by atoms with van der Waals surface area (Å²) in [5, 5.41) is 3.07. The summed E-state index contributed by atoms with van der Waals surface area (Å²) in [7, 11) is -3.34. The third-order valence-electron chi connectivity index (χ3n) is 5.50. The van der Waals surface area contributed by atoms with Crippen LogP contribution in [0.2, 0.25) is 0 Å². The van der Waals surface area contributed by atoms with E-state index >= 15 is 0 Å². The predicted molar refractivity (Wildman–Crippen MR) is 96.4 cm³/mol. The van der Waals surface area contributed by atoms with Gasteiger partial charge in [0.05, 0.1) is 29.3 Å². The molecule has 1 saturated carbocycles. The van der Waals surface area contributed by atoms with Crippen LogP contribution in [0.25, 0.3) is 0 Å². The lowest BCUT2D eigenvalue weighted by atomic mass is 9.72. The molecule has 1 amide bonds. The van der Waals surface area contributed by atoms with Crippen molar-refractivity contribution in [2.45, 2.75) is 56.7 Å². The highest BCUT2D eigenvalue weighted by Gasteiger charge is 2.55. The SMILES string of the molecule is CS(=O)(=O)N[C@H]1[C@H](NC(=O)c2cc3c(s2)CCCCC3)[C@@H]2CCO[C@@H]21. The number of carbonyl (C=O) groups is 1. The van der Waals surface area contributed by atoms with E-state index in [1.165, 1.54) is 29.7 Å². The quantitative estimate of drug-likeness (QED) is 0.770. The fourth-order valence-electron chi connectivity index (χ4n) is 4.29. The summed E-state index contributed by atoms with van der Waals surface area (Å²) in [4.78, 5) is 14.8. The standard InChI is InChI=1S/C17H24N2O4S2/c1-25(21,22)19-15-14(11-7-8-23-16(11)15)18-17(20)13-9-10-5-3-2-4-6-12(10)24-13/h9,11,14-16,19H,2-8H2,1H3,(H,18,20)/t11-,14+,15-,16-/m0/s1. The normalized spacial score (nSPS) is 31.6. The van der Waals surface area contributed by atoms with Crippen LogP contribution in [-0.2, 0) is 27.6 Å². The van der Waals surface area contributed by atoms with Crippen LogP contribution < -0.4 is 10.0 Å². The highest BCUT2D eigenvalue weighted by atomic mass is 32.2. The van der Waals surface area contributed by atoms with Gasteiger partial charge in [-0.3, -0.25) is 4.79 Å². The van der Waals surface area contributed by atoms with Crippen molar-refractivity contribution in [1.82, 2.24) is 10.0 Å². The van der Waals surface area contributed by atoms with Crippen LogP contribution in [-0.4, -0.2) is 45.4 Å². The van der Waals surface area contributed by atoms with Crippen molar-refractivity contribution in [3.63, 3.8) is 0 Å². The summed E-state index contributed by atoms with van der Waals surface area (Å²) < 4.78 is 31.5. The zero-order valence-corrected chi connectivity index (χ0v) is 15.9. The van der Waals surface area contributed by atoms with Crippen LogP contribution in [0.4, 0.5) is 0 Å². The number of amides is 1. The number of aryl methyl sites for hydroxylation is 2. The van der Waals surface area contributed by atoms with Gasteiger partial charge in [0.2, 0.25) is 10.0 Å². The van der Waals surface area contributed by atoms with Crippen molar-refractivity contribution < 1.29 is 17.9 Å². The van der Waals surface area contributed by atoms with Gasteiger partial charge in [-0.25, -0.2) is 13.1 Å². The number of carbonyl (C=O) groups excluding carboxylic acids is 1. The van der Waals surface area contributed by atoms with E-state index in [-0.39, 0.29) is 30.0 Å². The highest BCUT2D eigenvalue weighted by molar-refractivity contribution is 7.88. The van der Waals surface area contributed by atoms with Gasteiger partial charge in [0.25, 0.3) is 5.91 Å². The molecule has 6 nitrogen and oxygen atoms in total. The molecule has 2 heterocycles. The summed E-state index contributed by atoms with van der Waals surface area (Å²) in [6, 6.07) is 1.46. The Hall–Kier alpha value is -0.960. The molecule has 1 aromatic heterocycles. The fourth-order valence-corrected chi connectivity index (χ4v) is 6.23. The first-order valence-electron chi connectivity index (χ1n) is 8.94. The molecule has 2 aliphatic carbocycles. The van der Waals surface area contributed by atoms with E-state index in [1.807, 2.05) is 6.07 Å². The average Bonchev–Trinajstić information content (AvgIpc) is 3.09. The van der Waals surface area contributed by atoms with Gasteiger partial charge in [0, 0.05) is 17.4 Å². The van der Waals surface area contributed by atoms with Crippen LogP contribution >= 0.6 is 11.3 Å². The van der Waals surface area contributed by atoms with E-state index in [4.69, 9.17) is 4.74 Å². The summed E-state index contributed by atoms with van der Waals surface area (Å²) >= 11 is 1.59. The third kappa shape index (κ3) is 3.49. The summed E-state index contributed by atoms with van der Waals surface area (Å²) in [5.41, 5.74) is 1.31. The largest absolute Gasteiger partial charge is 0.376 e. The van der Waals surface area contributed by atoms with Gasteiger partial charge < -0.3 is 10.1 Å². The minimum atomic E-state index is -3.34. The van der Waals surface area contributed by atoms with E-state index in [0.29, 0.717) is 6.61 Å². The van der Waals surface area contributed by atoms with Gasteiger partial charge in [-0.05, 0) is 43.7 Å². The smallest absolute Gasteiger partial charge is 0.261 e. The Morgan fingerprint density at radius 1 is 1.24 bits per heavy atom. The fraction of sp³-hybridized carbons (Fsp3) is 0.706. The summed E-state index contributed by atoms with van der Waals surface area (Å²) in [6.45, 7) is 0.622. The number of nitrogens with one attached hydrogen (secondary N) is 2. The Morgan fingerprint density at radius 2 is 2.04 bits per heavy atom. The summed E-state index contributed by atoms with van der Waals surface area (Å²) in [6.07, 6.45) is 7.64. The Kier molecular flexibility index (Phi) is 4.64. The van der Waals surface area contributed by atoms with Crippen LogP contribution in [0.3, 0.4) is 0 Å². The number of fused-ring (bicyclic) bond motifs is 2. The number of ether oxygens (including phenoxy) is 1. The van der Waals surface area contributed by atoms with Crippen LogP contribution in [0, 0.1) is 5.92 Å². The van der Waals surface area contributed by atoms with Gasteiger partial charge in [-0.1, -0.05) is 6.42 Å². The molecule has 1 saturated heterocycles. The number of hydrogen-bond donors (Lipinski definition) is 2. The molecule has 8 heteroatoms. The van der Waals surface area contributed by atoms with E-state index in [2.05, 4.69) is 10.0 Å². The second-order valence-electron chi connectivity index (χ2n) is 7.32. The van der Waals surface area contributed by atoms with E-state index < -0.39 is 10.0 Å². The maximum atomic E-state index is 12.7. The number of thiophene rings is 1. The molecule has 0 unspecified atom stereocenters. The maximum Gasteiger partial charge on any atom is 0.261 e. The molecule has 4 atom stereocenters. The number of hydrogen-bond acceptors (Lipinski definition) is 5. The molecule has 0 bridgehead atoms. The zero-order valence-electron chi connectivity index (χ0n) is 14.3. The lowest BCUT2D eigenvalue weighted by molar-refractivity contribution is -0.0193. The van der Waals surface area contributed by atoms with E-state index in [9.17, 15) is 13.2 Å².